The van der Waals surface area contributed by atoms with E-state index in [2.05, 4.69) is 10.6 Å². The van der Waals surface area contributed by atoms with Gasteiger partial charge in [0.05, 0.1) is 36.1 Å². The molecule has 5 saturated heterocycles. The molecule has 5 aliphatic heterocycles. The molecular formula is C42H64N2O11S2. The van der Waals surface area contributed by atoms with E-state index in [-0.39, 0.29) is 72.2 Å². The molecule has 15 heteroatoms. The van der Waals surface area contributed by atoms with E-state index in [1.807, 2.05) is 6.08 Å². The monoisotopic (exact) mass is 836 g/mol. The van der Waals surface area contributed by atoms with Gasteiger partial charge in [-0.3, -0.25) is 14.9 Å². The number of aliphatic hydroxyl groups excluding tert-OH is 6. The first-order valence-electron chi connectivity index (χ1n) is 21.8. The topological polar surface area (TPSA) is 218 Å². The maximum Gasteiger partial charge on any atom is 0.187 e. The summed E-state index contributed by atoms with van der Waals surface area (Å²) in [6.07, 6.45) is 6.46. The number of ketones is 2. The van der Waals surface area contributed by atoms with Gasteiger partial charge in [-0.05, 0) is 119 Å². The summed E-state index contributed by atoms with van der Waals surface area (Å²) in [5, 5.41) is 85.2. The average Bonchev–Trinajstić information content (AvgIpc) is 3.22. The number of rotatable bonds is 7. The molecule has 17 atom stereocenters. The first-order valence-corrected chi connectivity index (χ1v) is 24.0. The van der Waals surface area contributed by atoms with Crippen molar-refractivity contribution in [1.82, 2.24) is 10.6 Å². The van der Waals surface area contributed by atoms with Crippen LogP contribution in [0.25, 0.3) is 0 Å². The second-order valence-corrected chi connectivity index (χ2v) is 21.2. The van der Waals surface area contributed by atoms with Crippen LogP contribution in [0.1, 0.15) is 96.3 Å². The predicted octanol–water partition coefficient (Wildman–Crippen LogP) is 2.86. The van der Waals surface area contributed by atoms with E-state index in [1.165, 1.54) is 10.8 Å². The summed E-state index contributed by atoms with van der Waals surface area (Å²) in [4.78, 5) is 30.9. The third kappa shape index (κ3) is 7.75. The Balaban J connectivity index is 1.20. The molecular weight excluding hydrogens is 773 g/mol. The highest BCUT2D eigenvalue weighted by Crippen LogP contribution is 2.60. The van der Waals surface area contributed by atoms with Gasteiger partial charge in [-0.1, -0.05) is 46.9 Å². The number of hydrogen-bond donors (Lipinski definition) is 9. The lowest BCUT2D eigenvalue weighted by Gasteiger charge is -2.55. The number of ether oxygens (including phenoxy) is 2. The number of allylic oxidation sites excluding steroid dienone is 4. The maximum absolute atomic E-state index is 15.8. The van der Waals surface area contributed by atoms with Gasteiger partial charge in [0.1, 0.15) is 40.9 Å². The van der Waals surface area contributed by atoms with Gasteiger partial charge in [-0.2, -0.15) is 0 Å². The molecule has 9 aliphatic rings. The Hall–Kier alpha value is -1.08. The van der Waals surface area contributed by atoms with Gasteiger partial charge >= 0.3 is 0 Å². The summed E-state index contributed by atoms with van der Waals surface area (Å²) >= 11 is 0. The van der Waals surface area contributed by atoms with Crippen molar-refractivity contribution in [3.63, 3.8) is 0 Å². The van der Waals surface area contributed by atoms with Crippen LogP contribution >= 0.6 is 21.6 Å². The van der Waals surface area contributed by atoms with E-state index in [0.717, 1.165) is 57.1 Å². The zero-order valence-corrected chi connectivity index (χ0v) is 34.5. The van der Waals surface area contributed by atoms with Gasteiger partial charge in [0.25, 0.3) is 0 Å². The third-order valence-corrected chi connectivity index (χ3v) is 18.6. The smallest absolute Gasteiger partial charge is 0.187 e. The number of piperidine rings is 2. The largest absolute Gasteiger partial charge is 0.511 e. The molecule has 1 spiro atoms. The highest BCUT2D eigenvalue weighted by atomic mass is 33.1. The molecule has 9 N–H and O–H groups in total. The van der Waals surface area contributed by atoms with Crippen LogP contribution in [0.4, 0.5) is 0 Å². The maximum atomic E-state index is 15.8. The summed E-state index contributed by atoms with van der Waals surface area (Å²) in [6, 6.07) is 0. The highest BCUT2D eigenvalue weighted by molar-refractivity contribution is 8.77. The first-order chi connectivity index (χ1) is 27.5. The Labute approximate surface area is 343 Å². The predicted molar refractivity (Wildman–Crippen MR) is 214 cm³/mol. The average molecular weight is 837 g/mol. The van der Waals surface area contributed by atoms with Crippen LogP contribution in [-0.4, -0.2) is 127 Å². The summed E-state index contributed by atoms with van der Waals surface area (Å²) in [5.74, 6) is -2.24. The molecule has 57 heavy (non-hydrogen) atoms. The fraction of sp³-hybridized carbons (Fsp3) is 0.857. The molecule has 0 aromatic carbocycles. The van der Waals surface area contributed by atoms with Crippen molar-refractivity contribution in [3.05, 3.63) is 23.5 Å². The number of nitrogens with one attached hydrogen (secondary N) is 2. The van der Waals surface area contributed by atoms with Gasteiger partial charge in [-0.25, -0.2) is 0 Å². The van der Waals surface area contributed by atoms with Gasteiger partial charge in [-0.15, -0.1) is 0 Å². The number of Topliss-reactive ketones (excluding diaryl/α,β-unsaturated/α-hetero) is 2. The van der Waals surface area contributed by atoms with Crippen molar-refractivity contribution >= 4 is 33.2 Å². The summed E-state index contributed by atoms with van der Waals surface area (Å²) in [5.41, 5.74) is -2.87. The van der Waals surface area contributed by atoms with E-state index < -0.39 is 71.3 Å². The standard InChI is InChI=1S/C42H64N2O11S2/c45-15-3-8-32-42-28(18-24(19-31(42)48)17-22-4-1-5-23(16-22)20-46)35(49)27-6-2-7-29(34(27)37(42)51)54-40-38(52)41(53,36(50)30(21-47)55-40)13-11-25-12-14-43-39-26(25)9-10-33(44-39)57-56-32/h18-19,22-23,25-30,32-34,36,38-40,43-48,50,52-53H,1-17,20-21H2. The minimum atomic E-state index is -2.07. The normalized spacial score (nSPS) is 47.9. The Bertz CT molecular complexity index is 1540. The van der Waals surface area contributed by atoms with Gasteiger partial charge in [0.2, 0.25) is 0 Å². The van der Waals surface area contributed by atoms with Crippen molar-refractivity contribution in [1.29, 1.82) is 0 Å². The Kier molecular flexibility index (Phi) is 13.2. The van der Waals surface area contributed by atoms with Crippen LogP contribution in [-0.2, 0) is 19.1 Å². The molecule has 5 heterocycles. The van der Waals surface area contributed by atoms with Crippen LogP contribution in [0, 0.1) is 46.8 Å². The van der Waals surface area contributed by atoms with E-state index in [9.17, 15) is 35.7 Å². The molecule has 8 bridgehead atoms. The molecule has 320 valence electrons. The van der Waals surface area contributed by atoms with Crippen LogP contribution in [0.3, 0.4) is 0 Å². The molecule has 0 radical (unpaired) electrons. The molecule has 4 aliphatic carbocycles. The van der Waals surface area contributed by atoms with Gasteiger partial charge < -0.3 is 50.5 Å². The number of hydrogen-bond acceptors (Lipinski definition) is 15. The van der Waals surface area contributed by atoms with Crippen molar-refractivity contribution in [2.45, 2.75) is 149 Å². The fourth-order valence-electron chi connectivity index (χ4n) is 12.3. The SMILES string of the molecule is O=C1C2CCCC3OC4OC(CO)C(O)C(O)(CCC5CCNC6NC(CCC56)SSC(CCCO)C5(C(=O)C32)C(O)=CC(CC2CCCC(CO)C2)=CC15)C4O. The van der Waals surface area contributed by atoms with Crippen molar-refractivity contribution in [3.8, 4) is 0 Å². The second kappa shape index (κ2) is 17.7. The summed E-state index contributed by atoms with van der Waals surface area (Å²) in [6.45, 7) is 0.145. The second-order valence-electron chi connectivity index (χ2n) is 18.5. The molecule has 0 aromatic rings. The van der Waals surface area contributed by atoms with Gasteiger partial charge in [0.15, 0.2) is 12.1 Å². The third-order valence-electron chi connectivity index (χ3n) is 15.3. The Morgan fingerprint density at radius 1 is 0.895 bits per heavy atom. The van der Waals surface area contributed by atoms with Crippen LogP contribution < -0.4 is 10.6 Å². The highest BCUT2D eigenvalue weighted by Gasteiger charge is 2.67. The number of carbonyl (C=O) groups is 2. The lowest BCUT2D eigenvalue weighted by molar-refractivity contribution is -0.346. The van der Waals surface area contributed by atoms with Crippen LogP contribution in [0.2, 0.25) is 0 Å². The van der Waals surface area contributed by atoms with Gasteiger partial charge in [0, 0.05) is 24.4 Å². The molecule has 0 amide bonds. The summed E-state index contributed by atoms with van der Waals surface area (Å²) < 4.78 is 12.6. The molecule has 0 aromatic heterocycles. The molecule has 13 nitrogen and oxygen atoms in total. The quantitative estimate of drug-likeness (QED) is 0.169. The van der Waals surface area contributed by atoms with E-state index >= 15 is 9.59 Å². The minimum absolute atomic E-state index is 0.00162. The van der Waals surface area contributed by atoms with E-state index in [4.69, 9.17) is 9.47 Å². The lowest BCUT2D eigenvalue weighted by Crippen LogP contribution is -2.69. The van der Waals surface area contributed by atoms with Crippen molar-refractivity contribution in [2.24, 2.45) is 46.8 Å². The Morgan fingerprint density at radius 2 is 1.70 bits per heavy atom. The van der Waals surface area contributed by atoms with Crippen LogP contribution in [0.15, 0.2) is 23.5 Å². The molecule has 17 unspecified atom stereocenters. The molecule has 9 rings (SSSR count). The van der Waals surface area contributed by atoms with E-state index in [0.29, 0.717) is 44.9 Å². The minimum Gasteiger partial charge on any atom is -0.511 e. The van der Waals surface area contributed by atoms with E-state index in [1.54, 1.807) is 16.9 Å². The van der Waals surface area contributed by atoms with Crippen molar-refractivity contribution < 1.29 is 54.8 Å². The van der Waals surface area contributed by atoms with Crippen LogP contribution in [0.5, 0.6) is 0 Å². The summed E-state index contributed by atoms with van der Waals surface area (Å²) in [7, 11) is 3.16. The molecule has 3 saturated carbocycles. The number of carbonyl (C=O) groups excluding carboxylic acids is 2. The first kappa shape index (κ1) is 42.6. The number of aliphatic hydroxyl groups is 7. The zero-order chi connectivity index (χ0) is 40.1. The zero-order valence-electron chi connectivity index (χ0n) is 32.8. The number of fused-ring (bicyclic) bond motifs is 4. The Morgan fingerprint density at radius 3 is 2.49 bits per heavy atom. The fourth-order valence-corrected chi connectivity index (χ4v) is 15.8. The van der Waals surface area contributed by atoms with Crippen molar-refractivity contribution in [2.75, 3.05) is 26.4 Å². The lowest BCUT2D eigenvalue weighted by atomic mass is 9.50. The molecule has 8 fully saturated rings.